The third-order valence-corrected chi connectivity index (χ3v) is 6.12. The van der Waals surface area contributed by atoms with Crippen molar-refractivity contribution in [1.82, 2.24) is 40.9 Å². The Labute approximate surface area is 201 Å². The number of rotatable bonds is 6. The summed E-state index contributed by atoms with van der Waals surface area (Å²) in [7, 11) is 5.00. The van der Waals surface area contributed by atoms with Gasteiger partial charge in [0.25, 0.3) is 0 Å². The van der Waals surface area contributed by atoms with Gasteiger partial charge in [-0.25, -0.2) is 10.3 Å². The van der Waals surface area contributed by atoms with Crippen molar-refractivity contribution >= 4 is 23.1 Å². The fourth-order valence-electron chi connectivity index (χ4n) is 4.55. The number of amides is 1. The minimum Gasteiger partial charge on any atom is -0.494 e. The molecule has 13 heteroatoms. The van der Waals surface area contributed by atoms with Crippen LogP contribution in [0.1, 0.15) is 6.42 Å². The Hall–Kier alpha value is -4.28. The second-order valence-corrected chi connectivity index (χ2v) is 8.38. The Morgan fingerprint density at radius 1 is 1.23 bits per heavy atom. The predicted octanol–water partition coefficient (Wildman–Crippen LogP) is 0.962. The van der Waals surface area contributed by atoms with Crippen LogP contribution in [-0.4, -0.2) is 68.6 Å². The first-order valence-electron chi connectivity index (χ1n) is 11.0. The van der Waals surface area contributed by atoms with Gasteiger partial charge in [0.2, 0.25) is 17.4 Å². The second kappa shape index (κ2) is 9.16. The molecule has 0 radical (unpaired) electrons. The number of anilines is 2. The lowest BCUT2D eigenvalue weighted by atomic mass is 9.88. The molecule has 180 valence electrons. The normalized spacial score (nSPS) is 23.5. The fourth-order valence-corrected chi connectivity index (χ4v) is 4.55. The molecule has 1 aromatic carbocycles. The Morgan fingerprint density at radius 3 is 2.77 bits per heavy atom. The number of hydrogen-bond acceptors (Lipinski definition) is 10. The highest BCUT2D eigenvalue weighted by atomic mass is 16.5. The van der Waals surface area contributed by atoms with Crippen molar-refractivity contribution in [3.8, 4) is 17.1 Å². The van der Waals surface area contributed by atoms with Crippen molar-refractivity contribution in [2.45, 2.75) is 24.8 Å². The summed E-state index contributed by atoms with van der Waals surface area (Å²) < 4.78 is 5.73. The number of nitrogens with zero attached hydrogens (tertiary/aromatic N) is 7. The molecule has 2 aliphatic heterocycles. The van der Waals surface area contributed by atoms with Gasteiger partial charge in [-0.05, 0) is 23.4 Å². The van der Waals surface area contributed by atoms with Crippen LogP contribution in [0.2, 0.25) is 0 Å². The number of benzene rings is 1. The van der Waals surface area contributed by atoms with Gasteiger partial charge in [-0.3, -0.25) is 20.1 Å². The van der Waals surface area contributed by atoms with Gasteiger partial charge < -0.3 is 15.4 Å². The molecule has 0 saturated carbocycles. The highest BCUT2D eigenvalue weighted by molar-refractivity contribution is 5.83. The molecule has 3 aromatic rings. The third kappa shape index (κ3) is 4.32. The van der Waals surface area contributed by atoms with Gasteiger partial charge in [-0.15, -0.1) is 10.2 Å². The highest BCUT2D eigenvalue weighted by Gasteiger charge is 2.48. The van der Waals surface area contributed by atoms with Crippen molar-refractivity contribution in [3.05, 3.63) is 47.9 Å². The molecule has 0 aliphatic carbocycles. The average Bonchev–Trinajstić information content (AvgIpc) is 3.41. The van der Waals surface area contributed by atoms with E-state index in [1.54, 1.807) is 33.3 Å². The number of pyridine rings is 1. The van der Waals surface area contributed by atoms with Crippen molar-refractivity contribution in [2.75, 3.05) is 24.8 Å². The number of nitrogens with one attached hydrogen (secondary N) is 4. The molecule has 0 spiro atoms. The van der Waals surface area contributed by atoms with Crippen molar-refractivity contribution in [3.63, 3.8) is 0 Å². The van der Waals surface area contributed by atoms with E-state index < -0.39 is 0 Å². The maximum absolute atomic E-state index is 13.0. The van der Waals surface area contributed by atoms with Crippen LogP contribution >= 0.6 is 0 Å². The first kappa shape index (κ1) is 22.5. The molecular formula is C22H25N11O2. The quantitative estimate of drug-likeness (QED) is 0.381. The van der Waals surface area contributed by atoms with E-state index in [0.29, 0.717) is 35.1 Å². The lowest BCUT2D eigenvalue weighted by Gasteiger charge is -2.39. The molecule has 2 saturated heterocycles. The predicted molar refractivity (Wildman–Crippen MR) is 127 cm³/mol. The molecule has 0 bridgehead atoms. The zero-order valence-electron chi connectivity index (χ0n) is 19.4. The standard InChI is InChI=1S/C22H25N11O2/c1-23-12-8-9-16(24-11-12)26-17-10-15(18-21(27-17)29-32(2)22(18)34)25-14-7-5-6-13(19(14)35-4)20-28-31-33(3)30-20/h5-9,11,15,17-18,21,25,27,29H,10H2,2-4H3,(H,24,26). The maximum atomic E-state index is 13.0. The summed E-state index contributed by atoms with van der Waals surface area (Å²) in [5.74, 6) is 1.30. The summed E-state index contributed by atoms with van der Waals surface area (Å²) in [4.78, 5) is 22.1. The second-order valence-electron chi connectivity index (χ2n) is 8.38. The number of ether oxygens (including phenoxy) is 1. The van der Waals surface area contributed by atoms with E-state index >= 15 is 0 Å². The number of aromatic nitrogens is 5. The largest absolute Gasteiger partial charge is 0.494 e. The number of methoxy groups -OCH3 is 1. The lowest BCUT2D eigenvalue weighted by Crippen LogP contribution is -2.60. The number of para-hydroxylation sites is 1. The number of piperidine rings is 1. The highest BCUT2D eigenvalue weighted by Crippen LogP contribution is 2.37. The van der Waals surface area contributed by atoms with Gasteiger partial charge in [0.15, 0.2) is 5.75 Å². The molecule has 4 atom stereocenters. The molecule has 2 aromatic heterocycles. The van der Waals surface area contributed by atoms with E-state index in [1.165, 1.54) is 16.0 Å². The SMILES string of the molecule is [C-]#[N+]c1ccc(NC2CC(Nc3cccc(-c4nnn(C)n4)c3OC)C3C(=O)N(C)NC3N2)nc1. The van der Waals surface area contributed by atoms with Crippen molar-refractivity contribution in [1.29, 1.82) is 0 Å². The molecule has 5 rings (SSSR count). The van der Waals surface area contributed by atoms with Crippen molar-refractivity contribution < 1.29 is 9.53 Å². The third-order valence-electron chi connectivity index (χ3n) is 6.12. The number of hydrazine groups is 1. The van der Waals surface area contributed by atoms with Gasteiger partial charge in [0.05, 0.1) is 50.2 Å². The minimum absolute atomic E-state index is 0.0105. The summed E-state index contributed by atoms with van der Waals surface area (Å²) >= 11 is 0. The Balaban J connectivity index is 1.42. The molecular weight excluding hydrogens is 450 g/mol. The number of tetrazole rings is 1. The molecule has 35 heavy (non-hydrogen) atoms. The smallest absolute Gasteiger partial charge is 0.244 e. The molecule has 4 unspecified atom stereocenters. The zero-order valence-corrected chi connectivity index (χ0v) is 19.4. The van der Waals surface area contributed by atoms with Gasteiger partial charge >= 0.3 is 0 Å². The minimum atomic E-state index is -0.349. The van der Waals surface area contributed by atoms with E-state index in [2.05, 4.69) is 46.6 Å². The van der Waals surface area contributed by atoms with E-state index in [-0.39, 0.29) is 30.2 Å². The van der Waals surface area contributed by atoms with Crippen LogP contribution in [0.3, 0.4) is 0 Å². The maximum Gasteiger partial charge on any atom is 0.244 e. The summed E-state index contributed by atoms with van der Waals surface area (Å²) in [6.07, 6.45) is 1.63. The van der Waals surface area contributed by atoms with Gasteiger partial charge in [0, 0.05) is 25.7 Å². The van der Waals surface area contributed by atoms with E-state index in [9.17, 15) is 4.79 Å². The number of aryl methyl sites for hydroxylation is 1. The van der Waals surface area contributed by atoms with Crippen molar-refractivity contribution in [2.24, 2.45) is 13.0 Å². The number of carbonyl (C=O) groups is 1. The van der Waals surface area contributed by atoms with Crippen LogP contribution < -0.4 is 26.1 Å². The number of fused-ring (bicyclic) bond motifs is 1. The van der Waals surface area contributed by atoms with Crippen LogP contribution in [0.15, 0.2) is 36.5 Å². The Morgan fingerprint density at radius 2 is 2.09 bits per heavy atom. The first-order chi connectivity index (χ1) is 17.0. The number of hydrogen-bond donors (Lipinski definition) is 4. The summed E-state index contributed by atoms with van der Waals surface area (Å²) in [5.41, 5.74) is 5.09. The topological polar surface area (TPSA) is 139 Å². The fraction of sp³-hybridized carbons (Fsp3) is 0.364. The molecule has 4 N–H and O–H groups in total. The molecule has 13 nitrogen and oxygen atoms in total. The lowest BCUT2D eigenvalue weighted by molar-refractivity contribution is -0.131. The Bertz CT molecular complexity index is 1270. The molecule has 1 amide bonds. The van der Waals surface area contributed by atoms with Gasteiger partial charge in [-0.1, -0.05) is 12.1 Å². The van der Waals surface area contributed by atoms with Crippen LogP contribution in [0.4, 0.5) is 17.2 Å². The van der Waals surface area contributed by atoms with E-state index in [4.69, 9.17) is 11.3 Å². The van der Waals surface area contributed by atoms with Gasteiger partial charge in [-0.2, -0.15) is 4.80 Å². The van der Waals surface area contributed by atoms with Crippen LogP contribution in [-0.2, 0) is 11.8 Å². The van der Waals surface area contributed by atoms with Crippen LogP contribution in [0, 0.1) is 12.5 Å². The van der Waals surface area contributed by atoms with Crippen LogP contribution in [0.25, 0.3) is 16.2 Å². The van der Waals surface area contributed by atoms with Gasteiger partial charge in [0.1, 0.15) is 5.82 Å². The summed E-state index contributed by atoms with van der Waals surface area (Å²) in [6, 6.07) is 8.90. The molecule has 4 heterocycles. The summed E-state index contributed by atoms with van der Waals surface area (Å²) in [6.45, 7) is 7.10. The monoisotopic (exact) mass is 475 g/mol. The summed E-state index contributed by atoms with van der Waals surface area (Å²) in [5, 5.41) is 24.2. The first-order valence-corrected chi connectivity index (χ1v) is 11.0. The van der Waals surface area contributed by atoms with Crippen LogP contribution in [0.5, 0.6) is 5.75 Å². The van der Waals surface area contributed by atoms with E-state index in [1.807, 2.05) is 18.2 Å². The zero-order chi connectivity index (χ0) is 24.5. The average molecular weight is 476 g/mol. The Kier molecular flexibility index (Phi) is 5.89. The molecule has 2 fully saturated rings. The number of carbonyl (C=O) groups excluding carboxylic acids is 1. The van der Waals surface area contributed by atoms with E-state index in [0.717, 1.165) is 5.69 Å². The molecule has 2 aliphatic rings.